The third-order valence-electron chi connectivity index (χ3n) is 2.57. The zero-order valence-corrected chi connectivity index (χ0v) is 9.15. The first-order valence-corrected chi connectivity index (χ1v) is 5.25. The van der Waals surface area contributed by atoms with E-state index in [0.29, 0.717) is 0 Å². The molecule has 0 aliphatic carbocycles. The van der Waals surface area contributed by atoms with Gasteiger partial charge in [0.25, 0.3) is 0 Å². The lowest BCUT2D eigenvalue weighted by atomic mass is 10.1. The fourth-order valence-corrected chi connectivity index (χ4v) is 1.60. The smallest absolute Gasteiger partial charge is 0.123 e. The molecular formula is C13H13FN2. The highest BCUT2D eigenvalue weighted by Crippen LogP contribution is 2.09. The van der Waals surface area contributed by atoms with E-state index in [-0.39, 0.29) is 5.82 Å². The summed E-state index contributed by atoms with van der Waals surface area (Å²) < 4.78 is 12.7. The van der Waals surface area contributed by atoms with Gasteiger partial charge in [0.15, 0.2) is 0 Å². The van der Waals surface area contributed by atoms with Crippen molar-refractivity contribution in [3.63, 3.8) is 0 Å². The van der Waals surface area contributed by atoms with Gasteiger partial charge in [-0.1, -0.05) is 12.1 Å². The monoisotopic (exact) mass is 216 g/mol. The second-order valence-electron chi connectivity index (χ2n) is 3.78. The first kappa shape index (κ1) is 10.7. The Labute approximate surface area is 94.2 Å². The van der Waals surface area contributed by atoms with Gasteiger partial charge in [-0.05, 0) is 43.0 Å². The van der Waals surface area contributed by atoms with Crippen LogP contribution >= 0.6 is 0 Å². The minimum atomic E-state index is -0.193. The first-order valence-electron chi connectivity index (χ1n) is 5.25. The zero-order chi connectivity index (χ0) is 11.4. The highest BCUT2D eigenvalue weighted by molar-refractivity contribution is 5.19. The van der Waals surface area contributed by atoms with Crippen molar-refractivity contribution in [3.8, 4) is 0 Å². The van der Waals surface area contributed by atoms with Gasteiger partial charge >= 0.3 is 0 Å². The Morgan fingerprint density at radius 1 is 1.12 bits per heavy atom. The van der Waals surface area contributed by atoms with Crippen LogP contribution in [0.2, 0.25) is 0 Å². The van der Waals surface area contributed by atoms with Crippen LogP contribution in [0.1, 0.15) is 16.8 Å². The van der Waals surface area contributed by atoms with E-state index < -0.39 is 0 Å². The van der Waals surface area contributed by atoms with Gasteiger partial charge in [0, 0.05) is 11.9 Å². The molecule has 0 saturated carbocycles. The van der Waals surface area contributed by atoms with E-state index in [9.17, 15) is 4.39 Å². The van der Waals surface area contributed by atoms with Gasteiger partial charge in [0.05, 0.1) is 0 Å². The molecule has 0 radical (unpaired) electrons. The summed E-state index contributed by atoms with van der Waals surface area (Å²) in [6.07, 6.45) is 5.11. The number of aromatic nitrogens is 2. The molecule has 16 heavy (non-hydrogen) atoms. The van der Waals surface area contributed by atoms with E-state index in [0.717, 1.165) is 29.7 Å². The molecule has 0 amide bonds. The molecule has 1 aromatic heterocycles. The number of benzene rings is 1. The largest absolute Gasteiger partial charge is 0.245 e. The van der Waals surface area contributed by atoms with E-state index >= 15 is 0 Å². The van der Waals surface area contributed by atoms with E-state index in [1.807, 2.05) is 25.3 Å². The van der Waals surface area contributed by atoms with Gasteiger partial charge in [-0.15, -0.1) is 0 Å². The van der Waals surface area contributed by atoms with Crippen LogP contribution in [0.15, 0.2) is 36.8 Å². The van der Waals surface area contributed by atoms with Crippen LogP contribution in [0, 0.1) is 12.7 Å². The van der Waals surface area contributed by atoms with Gasteiger partial charge in [-0.2, -0.15) is 0 Å². The van der Waals surface area contributed by atoms with Crippen LogP contribution in [-0.4, -0.2) is 9.97 Å². The molecule has 1 aromatic carbocycles. The highest BCUT2D eigenvalue weighted by Gasteiger charge is 2.00. The lowest BCUT2D eigenvalue weighted by Crippen LogP contribution is -1.98. The summed E-state index contributed by atoms with van der Waals surface area (Å²) >= 11 is 0. The quantitative estimate of drug-likeness (QED) is 0.788. The topological polar surface area (TPSA) is 25.8 Å². The summed E-state index contributed by atoms with van der Waals surface area (Å²) in [6, 6.07) is 6.60. The normalized spacial score (nSPS) is 10.4. The summed E-state index contributed by atoms with van der Waals surface area (Å²) in [5.74, 6) is -0.193. The number of aryl methyl sites for hydroxylation is 3. The predicted molar refractivity (Wildman–Crippen MR) is 60.6 cm³/mol. The molecular weight excluding hydrogens is 203 g/mol. The Morgan fingerprint density at radius 3 is 2.56 bits per heavy atom. The average molecular weight is 216 g/mol. The molecule has 0 N–H and O–H groups in total. The van der Waals surface area contributed by atoms with Crippen LogP contribution < -0.4 is 0 Å². The van der Waals surface area contributed by atoms with Crippen molar-refractivity contribution >= 4 is 0 Å². The SMILES string of the molecule is Cc1cncnc1CCc1ccc(F)cc1. The third kappa shape index (κ3) is 2.63. The number of hydrogen-bond donors (Lipinski definition) is 0. The molecule has 0 saturated heterocycles. The van der Waals surface area contributed by atoms with Gasteiger partial charge in [0.2, 0.25) is 0 Å². The standard InChI is InChI=1S/C13H13FN2/c1-10-8-15-9-16-13(10)7-4-11-2-5-12(14)6-3-11/h2-3,5-6,8-9H,4,7H2,1H3. The van der Waals surface area contributed by atoms with Crippen molar-refractivity contribution in [1.29, 1.82) is 0 Å². The van der Waals surface area contributed by atoms with Gasteiger partial charge in [-0.25, -0.2) is 14.4 Å². The number of halogens is 1. The minimum absolute atomic E-state index is 0.193. The summed E-state index contributed by atoms with van der Waals surface area (Å²) in [5, 5.41) is 0. The molecule has 1 heterocycles. The Bertz CT molecular complexity index is 466. The van der Waals surface area contributed by atoms with E-state index in [4.69, 9.17) is 0 Å². The Hall–Kier alpha value is -1.77. The fourth-order valence-electron chi connectivity index (χ4n) is 1.60. The average Bonchev–Trinajstić information content (AvgIpc) is 2.30. The molecule has 82 valence electrons. The molecule has 0 aliphatic rings. The van der Waals surface area contributed by atoms with Crippen LogP contribution in [0.3, 0.4) is 0 Å². The summed E-state index contributed by atoms with van der Waals surface area (Å²) in [4.78, 5) is 8.18. The fraction of sp³-hybridized carbons (Fsp3) is 0.231. The minimum Gasteiger partial charge on any atom is -0.245 e. The van der Waals surface area contributed by atoms with Crippen LogP contribution in [0.4, 0.5) is 4.39 Å². The van der Waals surface area contributed by atoms with Crippen LogP contribution in [0.5, 0.6) is 0 Å². The van der Waals surface area contributed by atoms with Crippen LogP contribution in [0.25, 0.3) is 0 Å². The number of hydrogen-bond acceptors (Lipinski definition) is 2. The maximum absolute atomic E-state index is 12.7. The molecule has 2 nitrogen and oxygen atoms in total. The molecule has 0 atom stereocenters. The maximum Gasteiger partial charge on any atom is 0.123 e. The summed E-state index contributed by atoms with van der Waals surface area (Å²) in [5.41, 5.74) is 3.28. The van der Waals surface area contributed by atoms with Crippen molar-refractivity contribution in [2.24, 2.45) is 0 Å². The summed E-state index contributed by atoms with van der Waals surface area (Å²) in [6.45, 7) is 2.00. The maximum atomic E-state index is 12.7. The van der Waals surface area contributed by atoms with Gasteiger partial charge in [0.1, 0.15) is 12.1 Å². The van der Waals surface area contributed by atoms with E-state index in [1.54, 1.807) is 6.33 Å². The van der Waals surface area contributed by atoms with Gasteiger partial charge in [-0.3, -0.25) is 0 Å². The lowest BCUT2D eigenvalue weighted by molar-refractivity contribution is 0.627. The molecule has 0 fully saturated rings. The molecule has 0 bridgehead atoms. The molecule has 0 spiro atoms. The highest BCUT2D eigenvalue weighted by atomic mass is 19.1. The van der Waals surface area contributed by atoms with Crippen molar-refractivity contribution in [1.82, 2.24) is 9.97 Å². The zero-order valence-electron chi connectivity index (χ0n) is 9.15. The summed E-state index contributed by atoms with van der Waals surface area (Å²) in [7, 11) is 0. The second-order valence-corrected chi connectivity index (χ2v) is 3.78. The first-order chi connectivity index (χ1) is 7.75. The lowest BCUT2D eigenvalue weighted by Gasteiger charge is -2.03. The van der Waals surface area contributed by atoms with Crippen LogP contribution in [-0.2, 0) is 12.8 Å². The Kier molecular flexibility index (Phi) is 3.25. The number of rotatable bonds is 3. The molecule has 3 heteroatoms. The third-order valence-corrected chi connectivity index (χ3v) is 2.57. The second kappa shape index (κ2) is 4.84. The van der Waals surface area contributed by atoms with Crippen molar-refractivity contribution < 1.29 is 4.39 Å². The van der Waals surface area contributed by atoms with Crippen molar-refractivity contribution in [3.05, 3.63) is 59.4 Å². The molecule has 2 aromatic rings. The number of nitrogens with zero attached hydrogens (tertiary/aromatic N) is 2. The van der Waals surface area contributed by atoms with E-state index in [1.165, 1.54) is 12.1 Å². The molecule has 2 rings (SSSR count). The predicted octanol–water partition coefficient (Wildman–Crippen LogP) is 2.71. The van der Waals surface area contributed by atoms with Crippen molar-refractivity contribution in [2.45, 2.75) is 19.8 Å². The Morgan fingerprint density at radius 2 is 1.88 bits per heavy atom. The van der Waals surface area contributed by atoms with Gasteiger partial charge < -0.3 is 0 Å². The van der Waals surface area contributed by atoms with Crippen molar-refractivity contribution in [2.75, 3.05) is 0 Å². The molecule has 0 unspecified atom stereocenters. The molecule has 0 aliphatic heterocycles. The van der Waals surface area contributed by atoms with E-state index in [2.05, 4.69) is 9.97 Å². The Balaban J connectivity index is 2.02.